The van der Waals surface area contributed by atoms with E-state index < -0.39 is 29.7 Å². The largest absolute Gasteiger partial charge is 0.465 e. The molecule has 5 nitrogen and oxygen atoms in total. The van der Waals surface area contributed by atoms with Gasteiger partial charge in [0, 0.05) is 24.1 Å². The van der Waals surface area contributed by atoms with Gasteiger partial charge in [0.2, 0.25) is 5.88 Å². The second-order valence-electron chi connectivity index (χ2n) is 5.32. The van der Waals surface area contributed by atoms with Gasteiger partial charge in [-0.25, -0.2) is 9.07 Å². The number of alkyl halides is 3. The average molecular weight is 446 g/mol. The van der Waals surface area contributed by atoms with Crippen molar-refractivity contribution in [3.05, 3.63) is 33.6 Å². The molecule has 0 spiro atoms. The van der Waals surface area contributed by atoms with Crippen molar-refractivity contribution in [3.63, 3.8) is 0 Å². The molecule has 1 heterocycles. The number of carbonyl (C=O) groups excluding carboxylic acids is 1. The highest BCUT2D eigenvalue weighted by atomic mass is 35.5. The molecule has 0 saturated heterocycles. The number of ether oxygens (including phenoxy) is 2. The van der Waals surface area contributed by atoms with E-state index in [-0.39, 0.29) is 34.3 Å². The Labute approximate surface area is 167 Å². The van der Waals surface area contributed by atoms with Crippen LogP contribution in [0.3, 0.4) is 0 Å². The fraction of sp³-hybridized carbons (Fsp3) is 0.375. The van der Waals surface area contributed by atoms with E-state index >= 15 is 0 Å². The molecule has 1 atom stereocenters. The Hall–Kier alpha value is -1.64. The fourth-order valence-electron chi connectivity index (χ4n) is 2.31. The van der Waals surface area contributed by atoms with Gasteiger partial charge in [-0.15, -0.1) is 11.6 Å². The molecule has 2 rings (SSSR count). The standard InChI is InChI=1S/C16H14Cl3F3N2O3/c1-3-26-15(25)10(18)5-7-4-8(11(20)6-9(7)17)13-12(19)14(24(2)23-13)27-16(21)22/h4,6,10,16H,3,5H2,1-2H3. The van der Waals surface area contributed by atoms with Crippen molar-refractivity contribution in [2.24, 2.45) is 7.05 Å². The van der Waals surface area contributed by atoms with Gasteiger partial charge in [-0.1, -0.05) is 23.2 Å². The summed E-state index contributed by atoms with van der Waals surface area (Å²) in [6.45, 7) is -1.34. The van der Waals surface area contributed by atoms with Crippen LogP contribution >= 0.6 is 34.8 Å². The van der Waals surface area contributed by atoms with Crippen molar-refractivity contribution >= 4 is 40.8 Å². The number of hydrogen-bond donors (Lipinski definition) is 0. The topological polar surface area (TPSA) is 53.3 Å². The fourth-order valence-corrected chi connectivity index (χ4v) is 3.07. The first-order valence-corrected chi connectivity index (χ1v) is 8.81. The Balaban J connectivity index is 2.43. The SMILES string of the molecule is CCOC(=O)C(Cl)Cc1cc(-c2nn(C)c(OC(F)F)c2Cl)c(F)cc1Cl. The van der Waals surface area contributed by atoms with E-state index in [0.717, 1.165) is 10.7 Å². The maximum Gasteiger partial charge on any atom is 0.388 e. The molecule has 11 heteroatoms. The molecule has 27 heavy (non-hydrogen) atoms. The first kappa shape index (κ1) is 21.7. The van der Waals surface area contributed by atoms with Crippen LogP contribution in [0.5, 0.6) is 5.88 Å². The third-order valence-corrected chi connectivity index (χ3v) is 4.50. The van der Waals surface area contributed by atoms with Gasteiger partial charge in [-0.3, -0.25) is 4.79 Å². The van der Waals surface area contributed by atoms with Crippen molar-refractivity contribution in [3.8, 4) is 17.1 Å². The van der Waals surface area contributed by atoms with Crippen molar-refractivity contribution in [2.45, 2.75) is 25.3 Å². The Morgan fingerprint density at radius 1 is 1.33 bits per heavy atom. The maximum absolute atomic E-state index is 14.4. The van der Waals surface area contributed by atoms with Crippen LogP contribution in [0.25, 0.3) is 11.3 Å². The molecule has 148 valence electrons. The number of aryl methyl sites for hydroxylation is 1. The Morgan fingerprint density at radius 2 is 2.00 bits per heavy atom. The first-order chi connectivity index (χ1) is 12.6. The van der Waals surface area contributed by atoms with Crippen molar-refractivity contribution in [1.29, 1.82) is 0 Å². The summed E-state index contributed by atoms with van der Waals surface area (Å²) in [5, 5.41) is 2.62. The number of carbonyl (C=O) groups is 1. The molecule has 0 aliphatic rings. The number of hydrogen-bond acceptors (Lipinski definition) is 4. The summed E-state index contributed by atoms with van der Waals surface area (Å²) in [7, 11) is 1.32. The minimum absolute atomic E-state index is 0.0299. The van der Waals surface area contributed by atoms with Gasteiger partial charge in [0.05, 0.1) is 6.61 Å². The van der Waals surface area contributed by atoms with E-state index in [1.165, 1.54) is 13.1 Å². The van der Waals surface area contributed by atoms with Crippen molar-refractivity contribution in [1.82, 2.24) is 9.78 Å². The molecule has 1 aromatic heterocycles. The number of rotatable bonds is 7. The number of nitrogens with zero attached hydrogens (tertiary/aromatic N) is 2. The predicted octanol–water partition coefficient (Wildman–Crippen LogP) is 4.85. The van der Waals surface area contributed by atoms with Gasteiger partial charge in [-0.2, -0.15) is 13.9 Å². The lowest BCUT2D eigenvalue weighted by molar-refractivity contribution is -0.142. The Bertz CT molecular complexity index is 846. The Kier molecular flexibility index (Phi) is 7.25. The van der Waals surface area contributed by atoms with Gasteiger partial charge in [0.25, 0.3) is 0 Å². The highest BCUT2D eigenvalue weighted by molar-refractivity contribution is 6.34. The second kappa shape index (κ2) is 9.03. The number of halogens is 6. The first-order valence-electron chi connectivity index (χ1n) is 7.62. The molecule has 2 aromatic rings. The highest BCUT2D eigenvalue weighted by Gasteiger charge is 2.25. The van der Waals surface area contributed by atoms with Crippen LogP contribution in [0.15, 0.2) is 12.1 Å². The monoisotopic (exact) mass is 444 g/mol. The molecule has 0 fully saturated rings. The lowest BCUT2D eigenvalue weighted by atomic mass is 10.0. The predicted molar refractivity (Wildman–Crippen MR) is 95.2 cm³/mol. The zero-order valence-electron chi connectivity index (χ0n) is 14.1. The zero-order chi connectivity index (χ0) is 20.3. The average Bonchev–Trinajstić information content (AvgIpc) is 2.85. The van der Waals surface area contributed by atoms with Gasteiger partial charge >= 0.3 is 12.6 Å². The van der Waals surface area contributed by atoms with Crippen LogP contribution in [-0.2, 0) is 23.0 Å². The zero-order valence-corrected chi connectivity index (χ0v) is 16.4. The molecule has 0 aliphatic heterocycles. The third-order valence-electron chi connectivity index (χ3n) is 3.47. The highest BCUT2D eigenvalue weighted by Crippen LogP contribution is 2.38. The molecule has 1 aromatic carbocycles. The van der Waals surface area contributed by atoms with Crippen LogP contribution in [-0.4, -0.2) is 34.3 Å². The van der Waals surface area contributed by atoms with E-state index in [2.05, 4.69) is 9.84 Å². The molecule has 0 N–H and O–H groups in total. The summed E-state index contributed by atoms with van der Waals surface area (Å²) in [6, 6.07) is 2.30. The Morgan fingerprint density at radius 3 is 2.59 bits per heavy atom. The minimum atomic E-state index is -3.13. The lowest BCUT2D eigenvalue weighted by Crippen LogP contribution is -2.20. The summed E-state index contributed by atoms with van der Waals surface area (Å²) in [5.41, 5.74) is 0.110. The quantitative estimate of drug-likeness (QED) is 0.452. The summed E-state index contributed by atoms with van der Waals surface area (Å²) in [5.74, 6) is -1.85. The minimum Gasteiger partial charge on any atom is -0.465 e. The summed E-state index contributed by atoms with van der Waals surface area (Å²) in [4.78, 5) is 11.7. The van der Waals surface area contributed by atoms with Crippen LogP contribution in [0, 0.1) is 5.82 Å². The number of benzene rings is 1. The smallest absolute Gasteiger partial charge is 0.388 e. The second-order valence-corrected chi connectivity index (χ2v) is 6.63. The van der Waals surface area contributed by atoms with Crippen LogP contribution in [0.1, 0.15) is 12.5 Å². The van der Waals surface area contributed by atoms with E-state index in [1.54, 1.807) is 6.92 Å². The molecule has 0 bridgehead atoms. The molecule has 1 unspecified atom stereocenters. The summed E-state index contributed by atoms with van der Waals surface area (Å²) < 4.78 is 49.5. The van der Waals surface area contributed by atoms with Crippen molar-refractivity contribution < 1.29 is 27.4 Å². The number of esters is 1. The van der Waals surface area contributed by atoms with Crippen molar-refractivity contribution in [2.75, 3.05) is 6.61 Å². The van der Waals surface area contributed by atoms with Crippen LogP contribution in [0.4, 0.5) is 13.2 Å². The normalized spacial score (nSPS) is 12.3. The maximum atomic E-state index is 14.4. The molecule has 0 aliphatic carbocycles. The molecular weight excluding hydrogens is 432 g/mol. The van der Waals surface area contributed by atoms with Crippen LogP contribution < -0.4 is 4.74 Å². The van der Waals surface area contributed by atoms with E-state index in [0.29, 0.717) is 5.56 Å². The molecule has 0 amide bonds. The van der Waals surface area contributed by atoms with E-state index in [1.807, 2.05) is 0 Å². The van der Waals surface area contributed by atoms with Gasteiger partial charge in [0.1, 0.15) is 21.9 Å². The van der Waals surface area contributed by atoms with Gasteiger partial charge in [-0.05, 0) is 24.6 Å². The molecular formula is C16H14Cl3F3N2O3. The summed E-state index contributed by atoms with van der Waals surface area (Å²) >= 11 is 18.1. The van der Waals surface area contributed by atoms with Gasteiger partial charge in [0.15, 0.2) is 0 Å². The van der Waals surface area contributed by atoms with Crippen LogP contribution in [0.2, 0.25) is 10.0 Å². The molecule has 0 radical (unpaired) electrons. The van der Waals surface area contributed by atoms with E-state index in [4.69, 9.17) is 39.5 Å². The number of aromatic nitrogens is 2. The molecule has 0 saturated carbocycles. The lowest BCUT2D eigenvalue weighted by Gasteiger charge is -2.12. The summed E-state index contributed by atoms with van der Waals surface area (Å²) in [6.07, 6.45) is -0.0443. The van der Waals surface area contributed by atoms with Gasteiger partial charge < -0.3 is 9.47 Å². The van der Waals surface area contributed by atoms with E-state index in [9.17, 15) is 18.0 Å². The third kappa shape index (κ3) is 5.00.